The molecule has 1 saturated heterocycles. The highest BCUT2D eigenvalue weighted by molar-refractivity contribution is 6.07. The first-order chi connectivity index (χ1) is 12.8. The number of hydrogen-bond acceptors (Lipinski definition) is 4. The van der Waals surface area contributed by atoms with Crippen LogP contribution in [0.25, 0.3) is 33.1 Å². The highest BCUT2D eigenvalue weighted by Gasteiger charge is 2.15. The molecule has 4 aromatic rings. The lowest BCUT2D eigenvalue weighted by Gasteiger charge is -2.09. The number of fused-ring (bicyclic) bond motifs is 3. The van der Waals surface area contributed by atoms with Crippen LogP contribution in [0, 0.1) is 5.92 Å². The summed E-state index contributed by atoms with van der Waals surface area (Å²) < 4.78 is 0. The second-order valence-corrected chi connectivity index (χ2v) is 7.16. The van der Waals surface area contributed by atoms with E-state index in [1.165, 1.54) is 17.5 Å². The summed E-state index contributed by atoms with van der Waals surface area (Å²) in [6.07, 6.45) is 6.11. The van der Waals surface area contributed by atoms with E-state index in [4.69, 9.17) is 5.73 Å². The molecule has 0 radical (unpaired) electrons. The molecule has 26 heavy (non-hydrogen) atoms. The molecule has 5 nitrogen and oxygen atoms in total. The summed E-state index contributed by atoms with van der Waals surface area (Å²) in [4.78, 5) is 12.0. The van der Waals surface area contributed by atoms with Gasteiger partial charge in [0.1, 0.15) is 11.5 Å². The lowest BCUT2D eigenvalue weighted by molar-refractivity contribution is 0.580. The second-order valence-electron chi connectivity index (χ2n) is 7.16. The Morgan fingerprint density at radius 1 is 1.00 bits per heavy atom. The van der Waals surface area contributed by atoms with Crippen LogP contribution in [0.5, 0.6) is 0 Å². The maximum atomic E-state index is 5.86. The summed E-state index contributed by atoms with van der Waals surface area (Å²) in [6.45, 7) is 2.29. The first kappa shape index (κ1) is 15.3. The summed E-state index contributed by atoms with van der Waals surface area (Å²) in [5, 5.41) is 5.58. The summed E-state index contributed by atoms with van der Waals surface area (Å²) in [5.41, 5.74) is 11.4. The number of nitrogens with two attached hydrogens (primary N) is 1. The Bertz CT molecular complexity index is 1070. The molecule has 0 bridgehead atoms. The van der Waals surface area contributed by atoms with Gasteiger partial charge in [-0.25, -0.2) is 9.97 Å². The fourth-order valence-electron chi connectivity index (χ4n) is 3.90. The van der Waals surface area contributed by atoms with Crippen molar-refractivity contribution < 1.29 is 0 Å². The smallest absolute Gasteiger partial charge is 0.138 e. The van der Waals surface area contributed by atoms with Gasteiger partial charge in [-0.05, 0) is 55.1 Å². The standard InChI is InChI=1S/C21H21N5/c22-20-9-17-18-8-16(11-25-21(18)26-19(17)12-24-20)15-3-1-13(2-4-15)7-14-5-6-23-10-14/h1-4,8-9,11-12,14,23H,5-7,10H2,(H2,22,24)(H,25,26). The van der Waals surface area contributed by atoms with E-state index in [0.29, 0.717) is 5.82 Å². The van der Waals surface area contributed by atoms with Gasteiger partial charge >= 0.3 is 0 Å². The number of anilines is 1. The van der Waals surface area contributed by atoms with E-state index >= 15 is 0 Å². The van der Waals surface area contributed by atoms with Crippen molar-refractivity contribution in [1.82, 2.24) is 20.3 Å². The SMILES string of the molecule is Nc1cc2c(cn1)[nH]c1ncc(-c3ccc(CC4CCNC4)cc3)cc12. The Kier molecular flexibility index (Phi) is 3.60. The predicted molar refractivity (Wildman–Crippen MR) is 106 cm³/mol. The fourth-order valence-corrected chi connectivity index (χ4v) is 3.90. The summed E-state index contributed by atoms with van der Waals surface area (Å²) >= 11 is 0. The van der Waals surface area contributed by atoms with Crippen molar-refractivity contribution in [3.8, 4) is 11.1 Å². The molecule has 1 atom stereocenters. The van der Waals surface area contributed by atoms with Crippen LogP contribution < -0.4 is 11.1 Å². The first-order valence-electron chi connectivity index (χ1n) is 9.09. The fraction of sp³-hybridized carbons (Fsp3) is 0.238. The Labute approximate surface area is 151 Å². The van der Waals surface area contributed by atoms with E-state index in [-0.39, 0.29) is 0 Å². The van der Waals surface area contributed by atoms with Crippen molar-refractivity contribution in [3.63, 3.8) is 0 Å². The maximum Gasteiger partial charge on any atom is 0.138 e. The highest BCUT2D eigenvalue weighted by Crippen LogP contribution is 2.29. The molecule has 0 saturated carbocycles. The molecule has 0 amide bonds. The third-order valence-electron chi connectivity index (χ3n) is 5.33. The molecule has 1 unspecified atom stereocenters. The lowest BCUT2D eigenvalue weighted by atomic mass is 9.96. The van der Waals surface area contributed by atoms with Crippen LogP contribution in [0.4, 0.5) is 5.82 Å². The van der Waals surface area contributed by atoms with E-state index < -0.39 is 0 Å². The summed E-state index contributed by atoms with van der Waals surface area (Å²) in [5.74, 6) is 1.29. The first-order valence-corrected chi connectivity index (χ1v) is 9.09. The van der Waals surface area contributed by atoms with Crippen molar-refractivity contribution in [2.24, 2.45) is 5.92 Å². The quantitative estimate of drug-likeness (QED) is 0.532. The van der Waals surface area contributed by atoms with Crippen LogP contribution in [-0.4, -0.2) is 28.0 Å². The molecule has 4 N–H and O–H groups in total. The minimum absolute atomic E-state index is 0.523. The minimum atomic E-state index is 0.523. The van der Waals surface area contributed by atoms with Gasteiger partial charge < -0.3 is 16.0 Å². The molecule has 0 aliphatic carbocycles. The largest absolute Gasteiger partial charge is 0.384 e. The third-order valence-corrected chi connectivity index (χ3v) is 5.33. The number of nitrogens with one attached hydrogen (secondary N) is 2. The number of rotatable bonds is 3. The molecule has 0 spiro atoms. The van der Waals surface area contributed by atoms with Gasteiger partial charge in [0.2, 0.25) is 0 Å². The monoisotopic (exact) mass is 343 g/mol. The van der Waals surface area contributed by atoms with E-state index in [0.717, 1.165) is 52.9 Å². The minimum Gasteiger partial charge on any atom is -0.384 e. The van der Waals surface area contributed by atoms with E-state index in [1.807, 2.05) is 12.3 Å². The molecule has 1 aromatic carbocycles. The van der Waals surface area contributed by atoms with Gasteiger partial charge in [0.25, 0.3) is 0 Å². The van der Waals surface area contributed by atoms with Crippen molar-refractivity contribution >= 4 is 27.8 Å². The number of aromatic amines is 1. The van der Waals surface area contributed by atoms with Crippen molar-refractivity contribution in [2.45, 2.75) is 12.8 Å². The van der Waals surface area contributed by atoms with Gasteiger partial charge in [0, 0.05) is 22.5 Å². The van der Waals surface area contributed by atoms with E-state index in [1.54, 1.807) is 6.20 Å². The van der Waals surface area contributed by atoms with Crippen LogP contribution in [0.3, 0.4) is 0 Å². The average Bonchev–Trinajstić information content (AvgIpc) is 3.29. The average molecular weight is 343 g/mol. The van der Waals surface area contributed by atoms with Crippen molar-refractivity contribution in [2.75, 3.05) is 18.8 Å². The molecule has 1 aliphatic heterocycles. The molecule has 5 rings (SSSR count). The van der Waals surface area contributed by atoms with Crippen LogP contribution >= 0.6 is 0 Å². The summed E-state index contributed by atoms with van der Waals surface area (Å²) in [7, 11) is 0. The molecule has 130 valence electrons. The van der Waals surface area contributed by atoms with Crippen molar-refractivity contribution in [1.29, 1.82) is 0 Å². The number of nitrogen functional groups attached to an aromatic ring is 1. The topological polar surface area (TPSA) is 79.6 Å². The Morgan fingerprint density at radius 3 is 2.69 bits per heavy atom. The lowest BCUT2D eigenvalue weighted by Crippen LogP contribution is -2.10. The molecular weight excluding hydrogens is 322 g/mol. The Hall–Kier alpha value is -2.92. The summed E-state index contributed by atoms with van der Waals surface area (Å²) in [6, 6.07) is 13.0. The highest BCUT2D eigenvalue weighted by atomic mass is 14.9. The molecular formula is C21H21N5. The van der Waals surface area contributed by atoms with Gasteiger partial charge in [-0.1, -0.05) is 24.3 Å². The van der Waals surface area contributed by atoms with Gasteiger partial charge in [0.05, 0.1) is 11.7 Å². The molecule has 1 fully saturated rings. The van der Waals surface area contributed by atoms with Gasteiger partial charge in [-0.2, -0.15) is 0 Å². The zero-order valence-electron chi connectivity index (χ0n) is 14.5. The van der Waals surface area contributed by atoms with Gasteiger partial charge in [0.15, 0.2) is 0 Å². The Balaban J connectivity index is 1.49. The molecule has 4 heterocycles. The second kappa shape index (κ2) is 6.11. The number of aromatic nitrogens is 3. The van der Waals surface area contributed by atoms with Crippen LogP contribution in [0.1, 0.15) is 12.0 Å². The number of hydrogen-bond donors (Lipinski definition) is 3. The number of nitrogens with zero attached hydrogens (tertiary/aromatic N) is 2. The van der Waals surface area contributed by atoms with Crippen LogP contribution in [0.2, 0.25) is 0 Å². The molecule has 1 aliphatic rings. The van der Waals surface area contributed by atoms with Gasteiger partial charge in [-0.15, -0.1) is 0 Å². The maximum absolute atomic E-state index is 5.86. The van der Waals surface area contributed by atoms with E-state index in [9.17, 15) is 0 Å². The predicted octanol–water partition coefficient (Wildman–Crippen LogP) is 3.51. The molecule has 5 heteroatoms. The number of H-pyrrole nitrogens is 1. The van der Waals surface area contributed by atoms with Crippen LogP contribution in [-0.2, 0) is 6.42 Å². The zero-order chi connectivity index (χ0) is 17.5. The van der Waals surface area contributed by atoms with Crippen LogP contribution in [0.15, 0.2) is 48.8 Å². The van der Waals surface area contributed by atoms with Crippen molar-refractivity contribution in [3.05, 3.63) is 54.4 Å². The Morgan fingerprint density at radius 2 is 1.88 bits per heavy atom. The zero-order valence-corrected chi connectivity index (χ0v) is 14.5. The number of pyridine rings is 2. The number of benzene rings is 1. The van der Waals surface area contributed by atoms with Gasteiger partial charge in [-0.3, -0.25) is 0 Å². The third kappa shape index (κ3) is 2.70. The normalized spacial score (nSPS) is 17.3. The van der Waals surface area contributed by atoms with E-state index in [2.05, 4.69) is 50.6 Å². The molecule has 3 aromatic heterocycles.